The van der Waals surface area contributed by atoms with Crippen LogP contribution in [0.15, 0.2) is 36.2 Å². The predicted octanol–water partition coefficient (Wildman–Crippen LogP) is 2.46. The zero-order valence-corrected chi connectivity index (χ0v) is 11.6. The summed E-state index contributed by atoms with van der Waals surface area (Å²) in [5, 5.41) is 0. The van der Waals surface area contributed by atoms with Gasteiger partial charge in [-0.1, -0.05) is 26.0 Å². The molecule has 0 saturated heterocycles. The lowest BCUT2D eigenvalue weighted by molar-refractivity contribution is -0.115. The van der Waals surface area contributed by atoms with Crippen LogP contribution in [0.2, 0.25) is 0 Å². The smallest absolute Gasteiger partial charge is 0.275 e. The van der Waals surface area contributed by atoms with Crippen LogP contribution in [0, 0.1) is 0 Å². The number of benzene rings is 1. The molecular formula is C15H21N3O. The second-order valence-corrected chi connectivity index (χ2v) is 4.72. The zero-order valence-electron chi connectivity index (χ0n) is 11.6. The third-order valence-electron chi connectivity index (χ3n) is 3.18. The van der Waals surface area contributed by atoms with Crippen LogP contribution in [0.3, 0.4) is 0 Å². The third-order valence-corrected chi connectivity index (χ3v) is 3.18. The van der Waals surface area contributed by atoms with Gasteiger partial charge in [0, 0.05) is 19.3 Å². The highest BCUT2D eigenvalue weighted by Crippen LogP contribution is 2.33. The van der Waals surface area contributed by atoms with Crippen LogP contribution in [0.1, 0.15) is 26.7 Å². The van der Waals surface area contributed by atoms with Crippen molar-refractivity contribution in [1.29, 1.82) is 0 Å². The Morgan fingerprint density at radius 1 is 1.05 bits per heavy atom. The van der Waals surface area contributed by atoms with Crippen molar-refractivity contribution in [2.75, 3.05) is 22.9 Å². The maximum absolute atomic E-state index is 12.4. The number of hydrogen-bond donors (Lipinski definition) is 1. The molecule has 1 heterocycles. The number of hydrogen-bond acceptors (Lipinski definition) is 3. The van der Waals surface area contributed by atoms with E-state index < -0.39 is 0 Å². The first kappa shape index (κ1) is 13.5. The van der Waals surface area contributed by atoms with Gasteiger partial charge in [-0.3, -0.25) is 4.79 Å². The lowest BCUT2D eigenvalue weighted by atomic mass is 10.2. The molecule has 2 N–H and O–H groups in total. The number of para-hydroxylation sites is 2. The van der Waals surface area contributed by atoms with E-state index in [-0.39, 0.29) is 5.91 Å². The predicted molar refractivity (Wildman–Crippen MR) is 79.0 cm³/mol. The molecule has 102 valence electrons. The highest BCUT2D eigenvalue weighted by molar-refractivity contribution is 6.08. The van der Waals surface area contributed by atoms with Gasteiger partial charge in [-0.15, -0.1) is 0 Å². The van der Waals surface area contributed by atoms with Crippen LogP contribution in [0.4, 0.5) is 11.4 Å². The number of carbonyl (C=O) groups is 1. The molecule has 0 bridgehead atoms. The maximum Gasteiger partial charge on any atom is 0.275 e. The van der Waals surface area contributed by atoms with Gasteiger partial charge >= 0.3 is 0 Å². The van der Waals surface area contributed by atoms with Crippen molar-refractivity contribution >= 4 is 17.3 Å². The molecular weight excluding hydrogens is 238 g/mol. The third kappa shape index (κ3) is 2.57. The average molecular weight is 259 g/mol. The topological polar surface area (TPSA) is 49.6 Å². The van der Waals surface area contributed by atoms with E-state index in [0.29, 0.717) is 12.2 Å². The van der Waals surface area contributed by atoms with E-state index in [1.54, 1.807) is 11.1 Å². The monoisotopic (exact) mass is 259 g/mol. The van der Waals surface area contributed by atoms with Crippen molar-refractivity contribution in [2.24, 2.45) is 5.73 Å². The first-order valence-corrected chi connectivity index (χ1v) is 6.83. The summed E-state index contributed by atoms with van der Waals surface area (Å²) in [7, 11) is 0. The van der Waals surface area contributed by atoms with E-state index in [4.69, 9.17) is 5.73 Å². The van der Waals surface area contributed by atoms with E-state index in [1.807, 2.05) is 24.3 Å². The minimum atomic E-state index is -0.104. The van der Waals surface area contributed by atoms with Crippen molar-refractivity contribution in [1.82, 2.24) is 0 Å². The highest BCUT2D eigenvalue weighted by Gasteiger charge is 2.25. The summed E-state index contributed by atoms with van der Waals surface area (Å²) in [4.78, 5) is 16.2. The summed E-state index contributed by atoms with van der Waals surface area (Å²) in [6, 6.07) is 7.97. The van der Waals surface area contributed by atoms with Crippen molar-refractivity contribution in [2.45, 2.75) is 26.7 Å². The standard InChI is InChI=1S/C15H21N3O/c1-3-9-17-11-12(16)15(19)18(10-4-2)14-8-6-5-7-13(14)17/h5-8,11H,3-4,9-10,16H2,1-2H3. The summed E-state index contributed by atoms with van der Waals surface area (Å²) in [5.74, 6) is -0.104. The Morgan fingerprint density at radius 3 is 2.32 bits per heavy atom. The van der Waals surface area contributed by atoms with Crippen LogP contribution >= 0.6 is 0 Å². The highest BCUT2D eigenvalue weighted by atomic mass is 16.2. The number of rotatable bonds is 4. The van der Waals surface area contributed by atoms with Gasteiger partial charge in [-0.25, -0.2) is 0 Å². The lowest BCUT2D eigenvalue weighted by Crippen LogP contribution is -2.34. The zero-order chi connectivity index (χ0) is 13.8. The SMILES string of the molecule is CCCN1C=C(N)C(=O)N(CCC)c2ccccc21. The molecule has 0 spiro atoms. The van der Waals surface area contributed by atoms with Gasteiger partial charge in [-0.05, 0) is 25.0 Å². The van der Waals surface area contributed by atoms with Crippen LogP contribution in [0.25, 0.3) is 0 Å². The molecule has 4 heteroatoms. The van der Waals surface area contributed by atoms with Crippen molar-refractivity contribution in [3.05, 3.63) is 36.2 Å². The molecule has 1 aliphatic rings. The summed E-state index contributed by atoms with van der Waals surface area (Å²) in [6.07, 6.45) is 3.67. The normalized spacial score (nSPS) is 15.1. The van der Waals surface area contributed by atoms with E-state index in [0.717, 1.165) is 30.8 Å². The minimum Gasteiger partial charge on any atom is -0.393 e. The van der Waals surface area contributed by atoms with E-state index in [1.165, 1.54) is 0 Å². The molecule has 0 aromatic heterocycles. The molecule has 1 aliphatic heterocycles. The van der Waals surface area contributed by atoms with Crippen LogP contribution in [0.5, 0.6) is 0 Å². The van der Waals surface area contributed by atoms with Crippen LogP contribution in [-0.4, -0.2) is 19.0 Å². The van der Waals surface area contributed by atoms with Gasteiger partial charge in [0.25, 0.3) is 5.91 Å². The molecule has 0 saturated carbocycles. The Labute approximate surface area is 114 Å². The van der Waals surface area contributed by atoms with Crippen LogP contribution in [-0.2, 0) is 4.79 Å². The second-order valence-electron chi connectivity index (χ2n) is 4.72. The maximum atomic E-state index is 12.4. The molecule has 1 amide bonds. The van der Waals surface area contributed by atoms with E-state index in [2.05, 4.69) is 18.7 Å². The summed E-state index contributed by atoms with van der Waals surface area (Å²) in [5.41, 5.74) is 8.22. The lowest BCUT2D eigenvalue weighted by Gasteiger charge is -2.25. The average Bonchev–Trinajstić information content (AvgIpc) is 2.51. The number of carbonyl (C=O) groups excluding carboxylic acids is 1. The van der Waals surface area contributed by atoms with Crippen molar-refractivity contribution in [3.8, 4) is 0 Å². The first-order valence-electron chi connectivity index (χ1n) is 6.83. The molecule has 4 nitrogen and oxygen atoms in total. The molecule has 2 rings (SSSR count). The fraction of sp³-hybridized carbons (Fsp3) is 0.400. The Hall–Kier alpha value is -1.97. The van der Waals surface area contributed by atoms with E-state index in [9.17, 15) is 4.79 Å². The molecule has 0 atom stereocenters. The number of anilines is 2. The van der Waals surface area contributed by atoms with Crippen molar-refractivity contribution in [3.63, 3.8) is 0 Å². The molecule has 1 aromatic rings. The van der Waals surface area contributed by atoms with Crippen molar-refractivity contribution < 1.29 is 4.79 Å². The Morgan fingerprint density at radius 2 is 1.68 bits per heavy atom. The second kappa shape index (κ2) is 5.78. The number of nitrogens with two attached hydrogens (primary N) is 1. The van der Waals surface area contributed by atoms with E-state index >= 15 is 0 Å². The van der Waals surface area contributed by atoms with Gasteiger partial charge < -0.3 is 15.5 Å². The first-order chi connectivity index (χ1) is 9.19. The summed E-state index contributed by atoms with van der Waals surface area (Å²) in [6.45, 7) is 5.71. The van der Waals surface area contributed by atoms with Gasteiger partial charge in [0.1, 0.15) is 5.70 Å². The Bertz CT molecular complexity index is 496. The Balaban J connectivity index is 2.52. The molecule has 0 fully saturated rings. The van der Waals surface area contributed by atoms with Gasteiger partial charge in [0.2, 0.25) is 0 Å². The number of fused-ring (bicyclic) bond motifs is 1. The fourth-order valence-corrected chi connectivity index (χ4v) is 2.36. The minimum absolute atomic E-state index is 0.104. The van der Waals surface area contributed by atoms with Gasteiger partial charge in [0.05, 0.1) is 11.4 Å². The molecule has 0 unspecified atom stereocenters. The van der Waals surface area contributed by atoms with Gasteiger partial charge in [-0.2, -0.15) is 0 Å². The Kier molecular flexibility index (Phi) is 4.10. The summed E-state index contributed by atoms with van der Waals surface area (Å²) < 4.78 is 0. The van der Waals surface area contributed by atoms with Gasteiger partial charge in [0.15, 0.2) is 0 Å². The largest absolute Gasteiger partial charge is 0.393 e. The molecule has 0 aliphatic carbocycles. The molecule has 19 heavy (non-hydrogen) atoms. The number of nitrogens with zero attached hydrogens (tertiary/aromatic N) is 2. The molecule has 1 aromatic carbocycles. The van der Waals surface area contributed by atoms with Crippen LogP contribution < -0.4 is 15.5 Å². The fourth-order valence-electron chi connectivity index (χ4n) is 2.36. The molecule has 0 radical (unpaired) electrons. The summed E-state index contributed by atoms with van der Waals surface area (Å²) >= 11 is 0. The quantitative estimate of drug-likeness (QED) is 0.903. The number of amides is 1.